The van der Waals surface area contributed by atoms with Gasteiger partial charge in [-0.3, -0.25) is 0 Å². The van der Waals surface area contributed by atoms with Gasteiger partial charge >= 0.3 is 0 Å². The fraction of sp³-hybridized carbons (Fsp3) is 0.385. The van der Waals surface area contributed by atoms with Crippen LogP contribution in [0.3, 0.4) is 0 Å². The largest absolute Gasteiger partial charge is 0.309 e. The molecule has 1 aliphatic heterocycles. The van der Waals surface area contributed by atoms with E-state index in [-0.39, 0.29) is 0 Å². The second kappa shape index (κ2) is 5.38. The molecule has 2 heteroatoms. The second-order valence-corrected chi connectivity index (χ2v) is 4.83. The van der Waals surface area contributed by atoms with Crippen molar-refractivity contribution >= 4 is 11.8 Å². The number of hydrogen-bond acceptors (Lipinski definition) is 2. The van der Waals surface area contributed by atoms with Crippen LogP contribution in [-0.4, -0.2) is 12.3 Å². The Bertz CT molecular complexity index is 335. The van der Waals surface area contributed by atoms with Gasteiger partial charge in [0.25, 0.3) is 0 Å². The molecule has 1 atom stereocenters. The van der Waals surface area contributed by atoms with E-state index >= 15 is 0 Å². The van der Waals surface area contributed by atoms with Gasteiger partial charge in [-0.15, -0.1) is 6.58 Å². The van der Waals surface area contributed by atoms with Gasteiger partial charge in [0.2, 0.25) is 0 Å². The zero-order valence-corrected chi connectivity index (χ0v) is 9.72. The average Bonchev–Trinajstić information content (AvgIpc) is 2.30. The summed E-state index contributed by atoms with van der Waals surface area (Å²) in [6.07, 6.45) is 3.01. The Balaban J connectivity index is 2.05. The molecule has 1 nitrogen and oxygen atoms in total. The third-order valence-corrected chi connectivity index (χ3v) is 3.80. The number of thioether (sulfide) groups is 1. The molecule has 0 saturated heterocycles. The Morgan fingerprint density at radius 3 is 3.20 bits per heavy atom. The maximum Gasteiger partial charge on any atom is 0.0415 e. The maximum atomic E-state index is 3.74. The van der Waals surface area contributed by atoms with Crippen LogP contribution in [0.15, 0.2) is 36.9 Å². The molecule has 1 aromatic carbocycles. The smallest absolute Gasteiger partial charge is 0.0415 e. The molecule has 1 aromatic rings. The highest BCUT2D eigenvalue weighted by Crippen LogP contribution is 2.31. The minimum absolute atomic E-state index is 0.528. The topological polar surface area (TPSA) is 12.0 Å². The SMILES string of the molecule is C=CCCNC1CSCc2ccccc21. The number of rotatable bonds is 4. The lowest BCUT2D eigenvalue weighted by atomic mass is 10.0. The van der Waals surface area contributed by atoms with Crippen LogP contribution < -0.4 is 5.32 Å². The highest BCUT2D eigenvalue weighted by molar-refractivity contribution is 7.98. The number of benzene rings is 1. The summed E-state index contributed by atoms with van der Waals surface area (Å²) in [5, 5.41) is 3.59. The Morgan fingerprint density at radius 1 is 1.47 bits per heavy atom. The molecule has 0 aliphatic carbocycles. The van der Waals surface area contributed by atoms with Gasteiger partial charge < -0.3 is 5.32 Å². The lowest BCUT2D eigenvalue weighted by molar-refractivity contribution is 0.581. The molecule has 0 amide bonds. The number of fused-ring (bicyclic) bond motifs is 1. The number of nitrogens with one attached hydrogen (secondary N) is 1. The van der Waals surface area contributed by atoms with Crippen molar-refractivity contribution in [2.75, 3.05) is 12.3 Å². The van der Waals surface area contributed by atoms with E-state index in [9.17, 15) is 0 Å². The number of hydrogen-bond donors (Lipinski definition) is 1. The van der Waals surface area contributed by atoms with E-state index in [1.54, 1.807) is 0 Å². The minimum atomic E-state index is 0.528. The van der Waals surface area contributed by atoms with Crippen LogP contribution in [0, 0.1) is 0 Å². The van der Waals surface area contributed by atoms with E-state index in [4.69, 9.17) is 0 Å². The van der Waals surface area contributed by atoms with Crippen LogP contribution in [0.25, 0.3) is 0 Å². The molecule has 0 bridgehead atoms. The molecule has 0 fully saturated rings. The summed E-state index contributed by atoms with van der Waals surface area (Å²) in [5.41, 5.74) is 2.98. The van der Waals surface area contributed by atoms with Crippen LogP contribution in [0.1, 0.15) is 23.6 Å². The molecule has 1 N–H and O–H groups in total. The van der Waals surface area contributed by atoms with Crippen LogP contribution in [0.4, 0.5) is 0 Å². The first-order valence-corrected chi connectivity index (χ1v) is 6.57. The summed E-state index contributed by atoms with van der Waals surface area (Å²) >= 11 is 2.02. The second-order valence-electron chi connectivity index (χ2n) is 3.80. The van der Waals surface area contributed by atoms with Gasteiger partial charge in [0.15, 0.2) is 0 Å². The summed E-state index contributed by atoms with van der Waals surface area (Å²) in [6.45, 7) is 4.77. The standard InChI is InChI=1S/C13H17NS/c1-2-3-8-14-13-10-15-9-11-6-4-5-7-12(11)13/h2,4-7,13-14H,1,3,8-10H2. The Morgan fingerprint density at radius 2 is 2.33 bits per heavy atom. The Labute approximate surface area is 96.0 Å². The summed E-state index contributed by atoms with van der Waals surface area (Å²) < 4.78 is 0. The van der Waals surface area contributed by atoms with Gasteiger partial charge in [0.1, 0.15) is 0 Å². The normalized spacial score (nSPS) is 19.6. The molecule has 1 aliphatic rings. The molecule has 0 radical (unpaired) electrons. The summed E-state index contributed by atoms with van der Waals surface area (Å²) in [4.78, 5) is 0. The monoisotopic (exact) mass is 219 g/mol. The lowest BCUT2D eigenvalue weighted by Crippen LogP contribution is -2.27. The van der Waals surface area contributed by atoms with Gasteiger partial charge in [0.05, 0.1) is 0 Å². The zero-order valence-electron chi connectivity index (χ0n) is 8.91. The molecule has 2 rings (SSSR count). The molecule has 80 valence electrons. The van der Waals surface area contributed by atoms with E-state index in [0.717, 1.165) is 18.7 Å². The molecule has 0 saturated carbocycles. The van der Waals surface area contributed by atoms with Crippen molar-refractivity contribution in [1.82, 2.24) is 5.32 Å². The minimum Gasteiger partial charge on any atom is -0.309 e. The van der Waals surface area contributed by atoms with E-state index in [2.05, 4.69) is 36.2 Å². The van der Waals surface area contributed by atoms with Gasteiger partial charge in [0, 0.05) is 17.5 Å². The predicted octanol–water partition coefficient (Wildman–Crippen LogP) is 3.14. The molecule has 1 unspecified atom stereocenters. The van der Waals surface area contributed by atoms with Crippen molar-refractivity contribution in [3.8, 4) is 0 Å². The lowest BCUT2D eigenvalue weighted by Gasteiger charge is -2.25. The first-order chi connectivity index (χ1) is 7.42. The van der Waals surface area contributed by atoms with E-state index in [0.29, 0.717) is 6.04 Å². The third-order valence-electron chi connectivity index (χ3n) is 2.71. The van der Waals surface area contributed by atoms with Crippen molar-refractivity contribution in [3.05, 3.63) is 48.0 Å². The summed E-state index contributed by atoms with van der Waals surface area (Å²) in [5.74, 6) is 2.35. The highest BCUT2D eigenvalue weighted by atomic mass is 32.2. The highest BCUT2D eigenvalue weighted by Gasteiger charge is 2.18. The van der Waals surface area contributed by atoms with Crippen molar-refractivity contribution in [2.24, 2.45) is 0 Å². The fourth-order valence-electron chi connectivity index (χ4n) is 1.91. The average molecular weight is 219 g/mol. The van der Waals surface area contributed by atoms with Gasteiger partial charge in [-0.25, -0.2) is 0 Å². The molecule has 15 heavy (non-hydrogen) atoms. The van der Waals surface area contributed by atoms with Crippen LogP contribution in [-0.2, 0) is 5.75 Å². The predicted molar refractivity (Wildman–Crippen MR) is 68.2 cm³/mol. The van der Waals surface area contributed by atoms with E-state index in [1.165, 1.54) is 16.9 Å². The molecule has 1 heterocycles. The molecule has 0 aromatic heterocycles. The molecular formula is C13H17NS. The van der Waals surface area contributed by atoms with Crippen LogP contribution in [0.2, 0.25) is 0 Å². The summed E-state index contributed by atoms with van der Waals surface area (Å²) in [7, 11) is 0. The van der Waals surface area contributed by atoms with Gasteiger partial charge in [-0.05, 0) is 24.1 Å². The zero-order chi connectivity index (χ0) is 10.5. The summed E-state index contributed by atoms with van der Waals surface area (Å²) in [6, 6.07) is 9.28. The molecular weight excluding hydrogens is 202 g/mol. The Kier molecular flexibility index (Phi) is 3.87. The van der Waals surface area contributed by atoms with E-state index < -0.39 is 0 Å². The first kappa shape index (κ1) is 10.8. The van der Waals surface area contributed by atoms with Crippen molar-refractivity contribution in [1.29, 1.82) is 0 Å². The van der Waals surface area contributed by atoms with Gasteiger partial charge in [-0.2, -0.15) is 11.8 Å². The van der Waals surface area contributed by atoms with Crippen molar-refractivity contribution < 1.29 is 0 Å². The molecule has 0 spiro atoms. The quantitative estimate of drug-likeness (QED) is 0.617. The van der Waals surface area contributed by atoms with Crippen molar-refractivity contribution in [3.63, 3.8) is 0 Å². The maximum absolute atomic E-state index is 3.74. The third kappa shape index (κ3) is 2.64. The van der Waals surface area contributed by atoms with Crippen LogP contribution >= 0.6 is 11.8 Å². The first-order valence-electron chi connectivity index (χ1n) is 5.41. The van der Waals surface area contributed by atoms with Gasteiger partial charge in [-0.1, -0.05) is 30.3 Å². The van der Waals surface area contributed by atoms with Crippen LogP contribution in [0.5, 0.6) is 0 Å². The van der Waals surface area contributed by atoms with E-state index in [1.807, 2.05) is 17.8 Å². The van der Waals surface area contributed by atoms with Crippen molar-refractivity contribution in [2.45, 2.75) is 18.2 Å². The fourth-order valence-corrected chi connectivity index (χ4v) is 3.04. The Hall–Kier alpha value is -0.730.